The fourth-order valence-electron chi connectivity index (χ4n) is 5.89. The fraction of sp³-hybridized carbons (Fsp3) is 0.758. The van der Waals surface area contributed by atoms with E-state index in [9.17, 15) is 9.59 Å². The Balaban J connectivity index is 2.03. The van der Waals surface area contributed by atoms with Crippen molar-refractivity contribution in [1.82, 2.24) is 0 Å². The van der Waals surface area contributed by atoms with Gasteiger partial charge in [-0.25, -0.2) is 0 Å². The summed E-state index contributed by atoms with van der Waals surface area (Å²) in [6, 6.07) is 0. The quantitative estimate of drug-likeness (QED) is 0.178. The van der Waals surface area contributed by atoms with Gasteiger partial charge in [0, 0.05) is 25.8 Å². The second-order valence-electron chi connectivity index (χ2n) is 12.7. The summed E-state index contributed by atoms with van der Waals surface area (Å²) in [6.45, 7) is 20.3. The van der Waals surface area contributed by atoms with Gasteiger partial charge in [-0.3, -0.25) is 9.59 Å². The van der Waals surface area contributed by atoms with Crippen molar-refractivity contribution in [3.8, 4) is 11.5 Å². The third-order valence-electron chi connectivity index (χ3n) is 8.51. The first-order valence-electron chi connectivity index (χ1n) is 14.9. The van der Waals surface area contributed by atoms with Crippen molar-refractivity contribution in [2.75, 3.05) is 0 Å². The smallest absolute Gasteiger partial charge is 0.308 e. The zero-order chi connectivity index (χ0) is 28.6. The van der Waals surface area contributed by atoms with Crippen LogP contribution in [0.2, 0.25) is 0 Å². The van der Waals surface area contributed by atoms with Crippen LogP contribution < -0.4 is 9.47 Å². The van der Waals surface area contributed by atoms with Gasteiger partial charge in [-0.05, 0) is 75.0 Å². The fourth-order valence-corrected chi connectivity index (χ4v) is 5.89. The maximum absolute atomic E-state index is 12.0. The number of rotatable bonds is 14. The Kier molecular flexibility index (Phi) is 12.2. The molecule has 0 fully saturated rings. The zero-order valence-corrected chi connectivity index (χ0v) is 25.9. The summed E-state index contributed by atoms with van der Waals surface area (Å²) in [5.74, 6) is 3.08. The van der Waals surface area contributed by atoms with Crippen molar-refractivity contribution >= 4 is 11.9 Å². The SMILES string of the molecule is CC(=O)Oc1c(C)c(C)c2c(c1C)CC(OC(C)=O)C(C)(CCCC(C)CCCC(C)CCCC(C)C)O2. The first kappa shape index (κ1) is 32.2. The van der Waals surface area contributed by atoms with E-state index in [0.717, 1.165) is 59.1 Å². The molecule has 0 saturated heterocycles. The van der Waals surface area contributed by atoms with E-state index in [-0.39, 0.29) is 18.0 Å². The molecule has 0 radical (unpaired) electrons. The highest BCUT2D eigenvalue weighted by Gasteiger charge is 2.44. The van der Waals surface area contributed by atoms with Gasteiger partial charge in [0.1, 0.15) is 23.2 Å². The third kappa shape index (κ3) is 9.02. The van der Waals surface area contributed by atoms with E-state index in [0.29, 0.717) is 18.1 Å². The molecule has 38 heavy (non-hydrogen) atoms. The van der Waals surface area contributed by atoms with Crippen LogP contribution in [0.3, 0.4) is 0 Å². The highest BCUT2D eigenvalue weighted by molar-refractivity contribution is 5.72. The molecule has 216 valence electrons. The summed E-state index contributed by atoms with van der Waals surface area (Å²) in [5, 5.41) is 0. The molecule has 1 aliphatic heterocycles. The molecule has 0 amide bonds. The largest absolute Gasteiger partial charge is 0.483 e. The molecule has 0 bridgehead atoms. The van der Waals surface area contributed by atoms with Gasteiger partial charge < -0.3 is 14.2 Å². The van der Waals surface area contributed by atoms with Crippen LogP contribution in [0, 0.1) is 38.5 Å². The Morgan fingerprint density at radius 2 is 1.39 bits per heavy atom. The number of ether oxygens (including phenoxy) is 3. The summed E-state index contributed by atoms with van der Waals surface area (Å²) >= 11 is 0. The number of benzene rings is 1. The Hall–Kier alpha value is -2.04. The molecular weight excluding hydrogens is 476 g/mol. The molecule has 1 aliphatic rings. The third-order valence-corrected chi connectivity index (χ3v) is 8.51. The molecule has 5 nitrogen and oxygen atoms in total. The van der Waals surface area contributed by atoms with Gasteiger partial charge in [-0.1, -0.05) is 72.6 Å². The van der Waals surface area contributed by atoms with Gasteiger partial charge in [0.2, 0.25) is 0 Å². The molecule has 1 heterocycles. The van der Waals surface area contributed by atoms with Crippen molar-refractivity contribution in [3.63, 3.8) is 0 Å². The number of hydrogen-bond acceptors (Lipinski definition) is 5. The summed E-state index contributed by atoms with van der Waals surface area (Å²) in [5.41, 5.74) is 3.13. The van der Waals surface area contributed by atoms with E-state index in [1.807, 2.05) is 20.8 Å². The van der Waals surface area contributed by atoms with E-state index in [1.165, 1.54) is 52.4 Å². The molecule has 0 aliphatic carbocycles. The highest BCUT2D eigenvalue weighted by atomic mass is 16.6. The molecule has 0 saturated carbocycles. The molecule has 4 atom stereocenters. The van der Waals surface area contributed by atoms with Gasteiger partial charge in [0.05, 0.1) is 0 Å². The topological polar surface area (TPSA) is 61.8 Å². The average Bonchev–Trinajstić information content (AvgIpc) is 2.81. The van der Waals surface area contributed by atoms with E-state index >= 15 is 0 Å². The van der Waals surface area contributed by atoms with Crippen LogP contribution in [-0.4, -0.2) is 23.6 Å². The number of fused-ring (bicyclic) bond motifs is 1. The second kappa shape index (κ2) is 14.4. The number of carbonyl (C=O) groups excluding carboxylic acids is 2. The van der Waals surface area contributed by atoms with Crippen molar-refractivity contribution < 1.29 is 23.8 Å². The zero-order valence-electron chi connectivity index (χ0n) is 25.9. The lowest BCUT2D eigenvalue weighted by Crippen LogP contribution is -2.51. The molecule has 0 spiro atoms. The van der Waals surface area contributed by atoms with E-state index in [2.05, 4.69) is 34.6 Å². The van der Waals surface area contributed by atoms with Gasteiger partial charge >= 0.3 is 11.9 Å². The van der Waals surface area contributed by atoms with Gasteiger partial charge in [0.15, 0.2) is 0 Å². The molecule has 0 N–H and O–H groups in total. The predicted molar refractivity (Wildman–Crippen MR) is 155 cm³/mol. The molecule has 5 heteroatoms. The molecule has 0 aromatic heterocycles. The van der Waals surface area contributed by atoms with Crippen molar-refractivity contribution in [2.24, 2.45) is 17.8 Å². The average molecular weight is 531 g/mol. The second-order valence-corrected chi connectivity index (χ2v) is 12.7. The minimum Gasteiger partial charge on any atom is -0.483 e. The lowest BCUT2D eigenvalue weighted by Gasteiger charge is -2.43. The summed E-state index contributed by atoms with van der Waals surface area (Å²) < 4.78 is 18.1. The number of esters is 2. The van der Waals surface area contributed by atoms with Crippen LogP contribution in [0.4, 0.5) is 0 Å². The molecule has 2 rings (SSSR count). The molecule has 1 aromatic carbocycles. The minimum atomic E-state index is -0.601. The monoisotopic (exact) mass is 530 g/mol. The van der Waals surface area contributed by atoms with Crippen LogP contribution in [0.25, 0.3) is 0 Å². The first-order valence-corrected chi connectivity index (χ1v) is 14.9. The maximum Gasteiger partial charge on any atom is 0.308 e. The van der Waals surface area contributed by atoms with Gasteiger partial charge in [0.25, 0.3) is 0 Å². The number of hydrogen-bond donors (Lipinski definition) is 0. The lowest BCUT2D eigenvalue weighted by atomic mass is 9.81. The van der Waals surface area contributed by atoms with Crippen molar-refractivity contribution in [3.05, 3.63) is 22.3 Å². The standard InChI is InChI=1S/C33H54O5/c1-21(2)14-11-15-22(3)16-12-17-23(4)18-13-19-33(10)30(36-27(8)34)20-29-26(7)31(37-28(9)35)24(5)25(6)32(29)38-33/h21-23,30H,11-20H2,1-10H3. The van der Waals surface area contributed by atoms with Crippen LogP contribution in [-0.2, 0) is 20.7 Å². The Bertz CT molecular complexity index is 949. The van der Waals surface area contributed by atoms with Gasteiger partial charge in [-0.15, -0.1) is 0 Å². The predicted octanol–water partition coefficient (Wildman–Crippen LogP) is 8.60. The van der Waals surface area contributed by atoms with Gasteiger partial charge in [-0.2, -0.15) is 0 Å². The highest BCUT2D eigenvalue weighted by Crippen LogP contribution is 2.46. The normalized spacial score (nSPS) is 20.4. The van der Waals surface area contributed by atoms with E-state index in [1.54, 1.807) is 0 Å². The summed E-state index contributed by atoms with van der Waals surface area (Å²) in [6.07, 6.45) is 11.1. The van der Waals surface area contributed by atoms with E-state index < -0.39 is 5.60 Å². The Morgan fingerprint density at radius 3 is 1.92 bits per heavy atom. The van der Waals surface area contributed by atoms with Crippen LogP contribution in [0.15, 0.2) is 0 Å². The lowest BCUT2D eigenvalue weighted by molar-refractivity contribution is -0.161. The molecule has 1 aromatic rings. The Labute approximate surface area is 232 Å². The summed E-state index contributed by atoms with van der Waals surface area (Å²) in [7, 11) is 0. The maximum atomic E-state index is 12.0. The first-order chi connectivity index (χ1) is 17.7. The van der Waals surface area contributed by atoms with Crippen LogP contribution in [0.1, 0.15) is 129 Å². The van der Waals surface area contributed by atoms with Crippen molar-refractivity contribution in [1.29, 1.82) is 0 Å². The van der Waals surface area contributed by atoms with Crippen molar-refractivity contribution in [2.45, 2.75) is 145 Å². The molecule has 4 unspecified atom stereocenters. The molecular formula is C33H54O5. The van der Waals surface area contributed by atoms with Crippen LogP contribution in [0.5, 0.6) is 11.5 Å². The van der Waals surface area contributed by atoms with E-state index in [4.69, 9.17) is 14.2 Å². The van der Waals surface area contributed by atoms with Crippen LogP contribution >= 0.6 is 0 Å². The summed E-state index contributed by atoms with van der Waals surface area (Å²) in [4.78, 5) is 23.8. The minimum absolute atomic E-state index is 0.300. The number of carbonyl (C=O) groups is 2. The Morgan fingerprint density at radius 1 is 0.842 bits per heavy atom.